The number of unbranched alkanes of at least 4 members (excludes halogenated alkanes) is 1. The van der Waals surface area contributed by atoms with Crippen molar-refractivity contribution in [1.29, 1.82) is 0 Å². The molecule has 0 aromatic heterocycles. The fourth-order valence-corrected chi connectivity index (χ4v) is 7.46. The summed E-state index contributed by atoms with van der Waals surface area (Å²) >= 11 is 0. The second-order valence-corrected chi connectivity index (χ2v) is 13.4. The summed E-state index contributed by atoms with van der Waals surface area (Å²) in [7, 11) is 0. The van der Waals surface area contributed by atoms with Crippen LogP contribution in [0, 0.1) is 11.8 Å². The molecule has 6 N–H and O–H groups in total. The Bertz CT molecular complexity index is 1030. The number of piperazine rings is 1. The van der Waals surface area contributed by atoms with Crippen molar-refractivity contribution in [1.82, 2.24) is 36.0 Å². The Morgan fingerprint density at radius 1 is 1.13 bits per heavy atom. The van der Waals surface area contributed by atoms with Crippen LogP contribution >= 0.6 is 0 Å². The van der Waals surface area contributed by atoms with Gasteiger partial charge >= 0.3 is 0 Å². The molecule has 0 bridgehead atoms. The van der Waals surface area contributed by atoms with Gasteiger partial charge in [0.2, 0.25) is 11.8 Å². The van der Waals surface area contributed by atoms with Gasteiger partial charge in [0.15, 0.2) is 0 Å². The van der Waals surface area contributed by atoms with Crippen LogP contribution in [-0.4, -0.2) is 148 Å². The Balaban J connectivity index is 1.15. The van der Waals surface area contributed by atoms with Gasteiger partial charge in [-0.25, -0.2) is 8.78 Å². The zero-order valence-electron chi connectivity index (χ0n) is 26.8. The van der Waals surface area contributed by atoms with E-state index < -0.39 is 42.6 Å². The number of alkyl halides is 2. The summed E-state index contributed by atoms with van der Waals surface area (Å²) in [4.78, 5) is 33.7. The van der Waals surface area contributed by atoms with Gasteiger partial charge in [-0.05, 0) is 37.9 Å². The van der Waals surface area contributed by atoms with Crippen molar-refractivity contribution in [2.75, 3.05) is 78.7 Å². The molecule has 0 aromatic carbocycles. The van der Waals surface area contributed by atoms with Crippen LogP contribution in [0.3, 0.4) is 0 Å². The number of likely N-dealkylation sites (tertiary alicyclic amines) is 1. The van der Waals surface area contributed by atoms with Gasteiger partial charge in [-0.3, -0.25) is 24.7 Å². The third kappa shape index (κ3) is 8.48. The number of hydrogen-bond acceptors (Lipinski definition) is 9. The summed E-state index contributed by atoms with van der Waals surface area (Å²) in [5.41, 5.74) is 7.11. The fraction of sp³-hybridized carbons (Fsp3) is 0.812. The fourth-order valence-electron chi connectivity index (χ4n) is 7.46. The smallest absolute Gasteiger partial charge is 0.228 e. The predicted molar refractivity (Wildman–Crippen MR) is 170 cm³/mol. The van der Waals surface area contributed by atoms with Crippen molar-refractivity contribution >= 4 is 11.8 Å². The average molecular weight is 637 g/mol. The van der Waals surface area contributed by atoms with Gasteiger partial charge in [0, 0.05) is 64.3 Å². The zero-order valence-corrected chi connectivity index (χ0v) is 26.8. The van der Waals surface area contributed by atoms with Gasteiger partial charge in [-0.15, -0.1) is 0 Å². The summed E-state index contributed by atoms with van der Waals surface area (Å²) in [5.74, 6) is -0.902. The van der Waals surface area contributed by atoms with Crippen molar-refractivity contribution in [3.8, 4) is 0 Å². The number of piperidine rings is 3. The van der Waals surface area contributed by atoms with E-state index in [-0.39, 0.29) is 30.8 Å². The number of carbonyl (C=O) groups excluding carboxylic acids is 2. The van der Waals surface area contributed by atoms with Crippen LogP contribution in [0.25, 0.3) is 0 Å². The lowest BCUT2D eigenvalue weighted by Crippen LogP contribution is -2.69. The first-order valence-corrected chi connectivity index (χ1v) is 17.0. The Morgan fingerprint density at radius 3 is 2.53 bits per heavy atom. The molecular formula is C32H54F2N8O3. The van der Waals surface area contributed by atoms with Crippen LogP contribution in [0.1, 0.15) is 32.6 Å². The number of allylic oxidation sites excluding steroid dienone is 1. The SMILES string of the molecule is C=C1CNC(N)C(C(=O)NC2CNCC(F)C2N2CCC(C(=O)N3CCN(C4COC4)CC3)CC2)C1NCC(F)/C=C\CCC. The lowest BCUT2D eigenvalue weighted by molar-refractivity contribution is -0.141. The van der Waals surface area contributed by atoms with E-state index in [2.05, 4.69) is 37.6 Å². The molecule has 2 amide bonds. The van der Waals surface area contributed by atoms with Gasteiger partial charge in [-0.1, -0.05) is 32.1 Å². The first-order chi connectivity index (χ1) is 21.8. The first-order valence-electron chi connectivity index (χ1n) is 17.0. The Labute approximate surface area is 266 Å². The Morgan fingerprint density at radius 2 is 1.87 bits per heavy atom. The van der Waals surface area contributed by atoms with E-state index in [1.807, 2.05) is 17.9 Å². The number of rotatable bonds is 11. The van der Waals surface area contributed by atoms with Gasteiger partial charge in [0.25, 0.3) is 0 Å². The molecule has 0 radical (unpaired) electrons. The summed E-state index contributed by atoms with van der Waals surface area (Å²) in [6, 6.07) is -1.02. The lowest BCUT2D eigenvalue weighted by atomic mass is 9.85. The topological polar surface area (TPSA) is 127 Å². The van der Waals surface area contributed by atoms with Crippen LogP contribution in [0.4, 0.5) is 8.78 Å². The van der Waals surface area contributed by atoms with Gasteiger partial charge in [0.1, 0.15) is 12.3 Å². The highest BCUT2D eigenvalue weighted by molar-refractivity contribution is 5.81. The standard InChI is InChI=1S/C32H54F2N8O3/c1-3-4-5-6-23(33)16-37-28-21(2)15-38-30(35)27(28)31(43)39-26-18-36-17-25(34)29(26)41-9-7-22(8-10-41)32(44)42-13-11-40(12-14-42)24-19-45-20-24/h5-6,22-30,36-38H,2-4,7-20,35H2,1H3,(H,39,43)/b6-5-. The molecular weight excluding hydrogens is 582 g/mol. The van der Waals surface area contributed by atoms with Crippen LogP contribution in [0.5, 0.6) is 0 Å². The number of nitrogens with two attached hydrogens (primary N) is 1. The molecule has 0 aromatic rings. The van der Waals surface area contributed by atoms with Crippen molar-refractivity contribution in [3.63, 3.8) is 0 Å². The molecule has 0 aliphatic carbocycles. The molecule has 5 rings (SSSR count). The average Bonchev–Trinajstić information content (AvgIpc) is 3.01. The van der Waals surface area contributed by atoms with Crippen LogP contribution in [0.15, 0.2) is 24.3 Å². The molecule has 254 valence electrons. The number of ether oxygens (including phenoxy) is 1. The summed E-state index contributed by atoms with van der Waals surface area (Å²) in [6.45, 7) is 13.3. The number of nitrogens with one attached hydrogen (secondary N) is 4. The van der Waals surface area contributed by atoms with E-state index in [0.29, 0.717) is 45.1 Å². The molecule has 7 atom stereocenters. The third-order valence-corrected chi connectivity index (χ3v) is 10.3. The maximum atomic E-state index is 15.6. The van der Waals surface area contributed by atoms with E-state index >= 15 is 4.39 Å². The van der Waals surface area contributed by atoms with E-state index in [1.165, 1.54) is 6.08 Å². The van der Waals surface area contributed by atoms with E-state index in [0.717, 1.165) is 57.8 Å². The van der Waals surface area contributed by atoms with Gasteiger partial charge in [0.05, 0.1) is 43.4 Å². The molecule has 0 saturated carbocycles. The molecule has 7 unspecified atom stereocenters. The maximum Gasteiger partial charge on any atom is 0.228 e. The lowest BCUT2D eigenvalue weighted by Gasteiger charge is -2.47. The van der Waals surface area contributed by atoms with Gasteiger partial charge in [-0.2, -0.15) is 0 Å². The minimum absolute atomic E-state index is 0.0411. The van der Waals surface area contributed by atoms with E-state index in [4.69, 9.17) is 10.5 Å². The maximum absolute atomic E-state index is 15.6. The van der Waals surface area contributed by atoms with Crippen molar-refractivity contribution < 1.29 is 23.1 Å². The highest BCUT2D eigenvalue weighted by atomic mass is 19.1. The third-order valence-electron chi connectivity index (χ3n) is 10.3. The van der Waals surface area contributed by atoms with E-state index in [9.17, 15) is 14.0 Å². The molecule has 5 saturated heterocycles. The molecule has 5 aliphatic heterocycles. The van der Waals surface area contributed by atoms with Crippen LogP contribution < -0.4 is 27.0 Å². The zero-order chi connectivity index (χ0) is 31.9. The molecule has 5 heterocycles. The highest BCUT2D eigenvalue weighted by Gasteiger charge is 2.44. The summed E-state index contributed by atoms with van der Waals surface area (Å²) < 4.78 is 35.4. The van der Waals surface area contributed by atoms with Crippen molar-refractivity contribution in [3.05, 3.63) is 24.3 Å². The highest BCUT2D eigenvalue weighted by Crippen LogP contribution is 2.27. The summed E-state index contributed by atoms with van der Waals surface area (Å²) in [5, 5.41) is 12.5. The Hall–Kier alpha value is -2.00. The van der Waals surface area contributed by atoms with Crippen LogP contribution in [-0.2, 0) is 14.3 Å². The molecule has 5 fully saturated rings. The van der Waals surface area contributed by atoms with Crippen molar-refractivity contribution in [2.24, 2.45) is 17.6 Å². The predicted octanol–water partition coefficient (Wildman–Crippen LogP) is -0.251. The van der Waals surface area contributed by atoms with E-state index in [1.54, 1.807) is 0 Å². The number of amides is 2. The monoisotopic (exact) mass is 636 g/mol. The first kappa shape index (κ1) is 34.3. The second-order valence-electron chi connectivity index (χ2n) is 13.4. The molecule has 13 heteroatoms. The molecule has 0 spiro atoms. The van der Waals surface area contributed by atoms with Crippen LogP contribution in [0.2, 0.25) is 0 Å². The molecule has 11 nitrogen and oxygen atoms in total. The molecule has 5 aliphatic rings. The van der Waals surface area contributed by atoms with Crippen molar-refractivity contribution in [2.45, 2.75) is 75.3 Å². The minimum Gasteiger partial charge on any atom is -0.378 e. The van der Waals surface area contributed by atoms with Gasteiger partial charge < -0.3 is 31.3 Å². The number of carbonyl (C=O) groups is 2. The molecule has 45 heavy (non-hydrogen) atoms. The quantitative estimate of drug-likeness (QED) is 0.195. The number of halogens is 2. The largest absolute Gasteiger partial charge is 0.378 e. The number of hydrogen-bond donors (Lipinski definition) is 5. The Kier molecular flexibility index (Phi) is 12.4. The second kappa shape index (κ2) is 16.2. The minimum atomic E-state index is -1.19. The summed E-state index contributed by atoms with van der Waals surface area (Å²) in [6.07, 6.45) is 3.44. The number of nitrogens with zero attached hydrogens (tertiary/aromatic N) is 3. The normalized spacial score (nSPS) is 33.7.